The van der Waals surface area contributed by atoms with Crippen molar-refractivity contribution >= 4 is 5.91 Å². The van der Waals surface area contributed by atoms with Gasteiger partial charge in [0.2, 0.25) is 5.91 Å². The molecule has 1 rings (SSSR count). The van der Waals surface area contributed by atoms with Gasteiger partial charge in [0.1, 0.15) is 0 Å². The number of nitrogens with zero attached hydrogens (tertiary/aromatic N) is 1. The highest BCUT2D eigenvalue weighted by Gasteiger charge is 2.45. The molecule has 15 heavy (non-hydrogen) atoms. The average molecular weight is 212 g/mol. The third-order valence-electron chi connectivity index (χ3n) is 3.08. The molecule has 0 spiro atoms. The van der Waals surface area contributed by atoms with E-state index in [0.717, 1.165) is 13.0 Å². The van der Waals surface area contributed by atoms with Gasteiger partial charge in [-0.25, -0.2) is 0 Å². The van der Waals surface area contributed by atoms with E-state index >= 15 is 0 Å². The van der Waals surface area contributed by atoms with Crippen LogP contribution in [0, 0.1) is 5.41 Å². The van der Waals surface area contributed by atoms with Crippen LogP contribution < -0.4 is 5.32 Å². The molecule has 1 saturated heterocycles. The summed E-state index contributed by atoms with van der Waals surface area (Å²) in [4.78, 5) is 14.2. The van der Waals surface area contributed by atoms with Crippen LogP contribution in [0.1, 0.15) is 48.0 Å². The fourth-order valence-corrected chi connectivity index (χ4v) is 2.07. The largest absolute Gasteiger partial charge is 0.325 e. The van der Waals surface area contributed by atoms with Crippen LogP contribution in [0.2, 0.25) is 0 Å². The van der Waals surface area contributed by atoms with Crippen LogP contribution >= 0.6 is 0 Å². The number of carbonyl (C=O) groups is 1. The van der Waals surface area contributed by atoms with Crippen LogP contribution in [0.25, 0.3) is 0 Å². The fourth-order valence-electron chi connectivity index (χ4n) is 2.07. The summed E-state index contributed by atoms with van der Waals surface area (Å²) in [5.41, 5.74) is -0.199. The minimum absolute atomic E-state index is 0.154. The summed E-state index contributed by atoms with van der Waals surface area (Å²) >= 11 is 0. The van der Waals surface area contributed by atoms with Crippen LogP contribution in [-0.2, 0) is 4.79 Å². The molecule has 0 aliphatic carbocycles. The second-order valence-corrected chi connectivity index (χ2v) is 6.00. The summed E-state index contributed by atoms with van der Waals surface area (Å²) in [6.45, 7) is 13.4. The normalized spacial score (nSPS) is 32.5. The van der Waals surface area contributed by atoms with Crippen LogP contribution in [0.5, 0.6) is 0 Å². The Kier molecular flexibility index (Phi) is 3.15. The third-order valence-corrected chi connectivity index (χ3v) is 3.08. The minimum Gasteiger partial charge on any atom is -0.325 e. The van der Waals surface area contributed by atoms with Gasteiger partial charge in [0, 0.05) is 6.54 Å². The summed E-state index contributed by atoms with van der Waals surface area (Å²) in [5, 5.41) is 3.38. The molecule has 0 aromatic heterocycles. The molecule has 1 amide bonds. The number of hydrogen-bond acceptors (Lipinski definition) is 2. The first-order valence-electron chi connectivity index (χ1n) is 5.78. The van der Waals surface area contributed by atoms with Crippen molar-refractivity contribution in [2.24, 2.45) is 5.41 Å². The number of rotatable bonds is 2. The van der Waals surface area contributed by atoms with Crippen molar-refractivity contribution in [3.8, 4) is 0 Å². The molecule has 0 saturated carbocycles. The molecular weight excluding hydrogens is 188 g/mol. The zero-order valence-electron chi connectivity index (χ0n) is 10.8. The quantitative estimate of drug-likeness (QED) is 0.759. The van der Waals surface area contributed by atoms with Gasteiger partial charge in [0.25, 0.3) is 0 Å². The molecule has 0 bridgehead atoms. The summed E-state index contributed by atoms with van der Waals surface area (Å²) in [6, 6.07) is 0. The lowest BCUT2D eigenvalue weighted by Gasteiger charge is -2.29. The molecule has 1 N–H and O–H groups in total. The van der Waals surface area contributed by atoms with E-state index in [4.69, 9.17) is 0 Å². The van der Waals surface area contributed by atoms with E-state index in [1.54, 1.807) is 0 Å². The summed E-state index contributed by atoms with van der Waals surface area (Å²) in [6.07, 6.45) is 0.998. The van der Waals surface area contributed by atoms with Crippen molar-refractivity contribution < 1.29 is 4.79 Å². The average Bonchev–Trinajstić information content (AvgIpc) is 2.28. The van der Waals surface area contributed by atoms with E-state index in [-0.39, 0.29) is 23.0 Å². The second-order valence-electron chi connectivity index (χ2n) is 6.00. The predicted octanol–water partition coefficient (Wildman–Crippen LogP) is 1.98. The maximum absolute atomic E-state index is 12.2. The fraction of sp³-hybridized carbons (Fsp3) is 0.917. The Labute approximate surface area is 93.2 Å². The number of amides is 1. The molecule has 2 unspecified atom stereocenters. The van der Waals surface area contributed by atoms with Crippen molar-refractivity contribution in [3.63, 3.8) is 0 Å². The zero-order valence-corrected chi connectivity index (χ0v) is 10.8. The SMILES string of the molecule is CCC1(C)NC(C)N(CC(C)(C)C)C1=O. The molecule has 3 nitrogen and oxygen atoms in total. The van der Waals surface area contributed by atoms with Gasteiger partial charge in [-0.2, -0.15) is 0 Å². The number of hydrogen-bond donors (Lipinski definition) is 1. The van der Waals surface area contributed by atoms with E-state index < -0.39 is 0 Å². The Bertz CT molecular complexity index is 257. The molecule has 2 atom stereocenters. The standard InChI is InChI=1S/C12H24N2O/c1-7-12(6)10(15)14(9(2)13-12)8-11(3,4)5/h9,13H,7-8H2,1-6H3. The second kappa shape index (κ2) is 3.78. The van der Waals surface area contributed by atoms with Gasteiger partial charge in [-0.3, -0.25) is 10.1 Å². The van der Waals surface area contributed by atoms with Gasteiger partial charge in [-0.1, -0.05) is 27.7 Å². The number of nitrogens with one attached hydrogen (secondary N) is 1. The maximum atomic E-state index is 12.2. The van der Waals surface area contributed by atoms with E-state index in [1.807, 2.05) is 11.8 Å². The smallest absolute Gasteiger partial charge is 0.243 e. The Morgan fingerprint density at radius 3 is 2.33 bits per heavy atom. The first-order valence-corrected chi connectivity index (χ1v) is 5.78. The Balaban J connectivity index is 2.80. The summed E-state index contributed by atoms with van der Waals surface area (Å²) in [5.74, 6) is 0.243. The van der Waals surface area contributed by atoms with Crippen molar-refractivity contribution in [1.82, 2.24) is 10.2 Å². The molecule has 1 heterocycles. The van der Waals surface area contributed by atoms with Crippen LogP contribution in [0.4, 0.5) is 0 Å². The number of carbonyl (C=O) groups excluding carboxylic acids is 1. The first kappa shape index (κ1) is 12.5. The molecule has 88 valence electrons. The summed E-state index contributed by atoms with van der Waals surface area (Å²) in [7, 11) is 0. The molecule has 1 fully saturated rings. The molecule has 0 aromatic rings. The molecule has 0 radical (unpaired) electrons. The van der Waals surface area contributed by atoms with Crippen molar-refractivity contribution in [3.05, 3.63) is 0 Å². The molecule has 3 heteroatoms. The molecule has 0 aromatic carbocycles. The van der Waals surface area contributed by atoms with Crippen LogP contribution in [0.3, 0.4) is 0 Å². The van der Waals surface area contributed by atoms with Crippen molar-refractivity contribution in [2.45, 2.75) is 59.7 Å². The predicted molar refractivity (Wildman–Crippen MR) is 62.5 cm³/mol. The third kappa shape index (κ3) is 2.51. The topological polar surface area (TPSA) is 32.3 Å². The maximum Gasteiger partial charge on any atom is 0.243 e. The van der Waals surface area contributed by atoms with Gasteiger partial charge >= 0.3 is 0 Å². The zero-order chi connectivity index (χ0) is 11.9. The van der Waals surface area contributed by atoms with E-state index in [1.165, 1.54) is 0 Å². The van der Waals surface area contributed by atoms with Crippen molar-refractivity contribution in [2.75, 3.05) is 6.54 Å². The van der Waals surface area contributed by atoms with Crippen molar-refractivity contribution in [1.29, 1.82) is 0 Å². The van der Waals surface area contributed by atoms with E-state index in [2.05, 4.69) is 39.9 Å². The monoisotopic (exact) mass is 212 g/mol. The molecule has 1 aliphatic rings. The van der Waals surface area contributed by atoms with E-state index in [0.29, 0.717) is 0 Å². The van der Waals surface area contributed by atoms with Crippen LogP contribution in [-0.4, -0.2) is 29.1 Å². The Morgan fingerprint density at radius 1 is 1.47 bits per heavy atom. The highest BCUT2D eigenvalue weighted by molar-refractivity contribution is 5.88. The first-order chi connectivity index (χ1) is 6.69. The van der Waals surface area contributed by atoms with Gasteiger partial charge < -0.3 is 4.90 Å². The summed E-state index contributed by atoms with van der Waals surface area (Å²) < 4.78 is 0. The highest BCUT2D eigenvalue weighted by Crippen LogP contribution is 2.26. The van der Waals surface area contributed by atoms with Gasteiger partial charge in [0.15, 0.2) is 0 Å². The lowest BCUT2D eigenvalue weighted by Crippen LogP contribution is -2.43. The van der Waals surface area contributed by atoms with Gasteiger partial charge in [-0.15, -0.1) is 0 Å². The van der Waals surface area contributed by atoms with E-state index in [9.17, 15) is 4.79 Å². The van der Waals surface area contributed by atoms with Gasteiger partial charge in [0.05, 0.1) is 11.7 Å². The minimum atomic E-state index is -0.356. The Hall–Kier alpha value is -0.570. The Morgan fingerprint density at radius 2 is 2.00 bits per heavy atom. The molecule has 1 aliphatic heterocycles. The molecular formula is C12H24N2O. The van der Waals surface area contributed by atoms with Crippen LogP contribution in [0.15, 0.2) is 0 Å². The highest BCUT2D eigenvalue weighted by atomic mass is 16.2. The lowest BCUT2D eigenvalue weighted by atomic mass is 9.94. The lowest BCUT2D eigenvalue weighted by molar-refractivity contribution is -0.133. The van der Waals surface area contributed by atoms with Gasteiger partial charge in [-0.05, 0) is 25.7 Å².